The summed E-state index contributed by atoms with van der Waals surface area (Å²) in [5.74, 6) is 0.0233. The summed E-state index contributed by atoms with van der Waals surface area (Å²) < 4.78 is 5.00. The monoisotopic (exact) mass is 230 g/mol. The maximum atomic E-state index is 11.8. The smallest absolute Gasteiger partial charge is 0.237 e. The van der Waals surface area contributed by atoms with Gasteiger partial charge in [0.2, 0.25) is 5.91 Å². The summed E-state index contributed by atoms with van der Waals surface area (Å²) in [6.45, 7) is 1.42. The van der Waals surface area contributed by atoms with E-state index in [9.17, 15) is 4.79 Å². The molecule has 0 aromatic carbocycles. The van der Waals surface area contributed by atoms with Crippen LogP contribution in [0.5, 0.6) is 0 Å². The Labute approximate surface area is 96.6 Å². The molecule has 0 saturated carbocycles. The maximum absolute atomic E-state index is 11.8. The van der Waals surface area contributed by atoms with Crippen molar-refractivity contribution >= 4 is 5.91 Å². The van der Waals surface area contributed by atoms with E-state index in [4.69, 9.17) is 9.84 Å². The number of aliphatic hydroxyl groups excluding tert-OH is 1. The van der Waals surface area contributed by atoms with Crippen LogP contribution in [0.4, 0.5) is 0 Å². The zero-order chi connectivity index (χ0) is 11.8. The van der Waals surface area contributed by atoms with Crippen LogP contribution in [0.25, 0.3) is 0 Å². The lowest BCUT2D eigenvalue weighted by molar-refractivity contribution is -0.124. The molecule has 3 N–H and O–H groups in total. The summed E-state index contributed by atoms with van der Waals surface area (Å²) in [6.07, 6.45) is 3.67. The minimum absolute atomic E-state index is 0.0233. The highest BCUT2D eigenvalue weighted by molar-refractivity contribution is 5.82. The number of piperidine rings is 1. The topological polar surface area (TPSA) is 70.6 Å². The van der Waals surface area contributed by atoms with Gasteiger partial charge in [0.25, 0.3) is 0 Å². The molecule has 0 radical (unpaired) electrons. The molecule has 1 saturated heterocycles. The van der Waals surface area contributed by atoms with Crippen molar-refractivity contribution in [3.63, 3.8) is 0 Å². The van der Waals surface area contributed by atoms with Crippen LogP contribution < -0.4 is 10.6 Å². The molecule has 5 nitrogen and oxygen atoms in total. The first-order valence-corrected chi connectivity index (χ1v) is 5.91. The van der Waals surface area contributed by atoms with Crippen LogP contribution in [-0.2, 0) is 9.53 Å². The van der Waals surface area contributed by atoms with Crippen molar-refractivity contribution < 1.29 is 14.6 Å². The minimum Gasteiger partial charge on any atom is -0.396 e. The van der Waals surface area contributed by atoms with Gasteiger partial charge in [-0.15, -0.1) is 0 Å². The summed E-state index contributed by atoms with van der Waals surface area (Å²) in [5.41, 5.74) is 0. The summed E-state index contributed by atoms with van der Waals surface area (Å²) in [4.78, 5) is 11.8. The summed E-state index contributed by atoms with van der Waals surface area (Å²) >= 11 is 0. The van der Waals surface area contributed by atoms with Gasteiger partial charge >= 0.3 is 0 Å². The van der Waals surface area contributed by atoms with Gasteiger partial charge in [-0.05, 0) is 25.8 Å². The van der Waals surface area contributed by atoms with Crippen LogP contribution in [0.15, 0.2) is 0 Å². The average molecular weight is 230 g/mol. The summed E-state index contributed by atoms with van der Waals surface area (Å²) in [6, 6.07) is -0.168. The van der Waals surface area contributed by atoms with E-state index in [0.29, 0.717) is 13.0 Å². The van der Waals surface area contributed by atoms with Crippen LogP contribution in [0, 0.1) is 0 Å². The van der Waals surface area contributed by atoms with Gasteiger partial charge in [0.15, 0.2) is 0 Å². The molecule has 0 aromatic heterocycles. The van der Waals surface area contributed by atoms with E-state index < -0.39 is 0 Å². The van der Waals surface area contributed by atoms with Gasteiger partial charge in [-0.1, -0.05) is 6.42 Å². The fourth-order valence-corrected chi connectivity index (χ4v) is 1.93. The average Bonchev–Trinajstić information content (AvgIpc) is 2.31. The fourth-order valence-electron chi connectivity index (χ4n) is 1.93. The van der Waals surface area contributed by atoms with Gasteiger partial charge in [0, 0.05) is 13.7 Å². The number of nitrogens with one attached hydrogen (secondary N) is 2. The molecule has 1 rings (SSSR count). The number of aliphatic hydroxyl groups is 1. The number of ether oxygens (including phenoxy) is 1. The van der Waals surface area contributed by atoms with Gasteiger partial charge in [0.05, 0.1) is 18.7 Å². The standard InChI is InChI=1S/C11H22N2O3/c1-16-8-9(5-7-14)13-11(15)10-4-2-3-6-12-10/h9-10,12,14H,2-8H2,1H3,(H,13,15). The Hall–Kier alpha value is -0.650. The van der Waals surface area contributed by atoms with E-state index >= 15 is 0 Å². The predicted octanol–water partition coefficient (Wildman–Crippen LogP) is -0.358. The Bertz CT molecular complexity index is 199. The first kappa shape index (κ1) is 13.4. The van der Waals surface area contributed by atoms with Crippen molar-refractivity contribution in [2.24, 2.45) is 0 Å². The molecular formula is C11H22N2O3. The van der Waals surface area contributed by atoms with Gasteiger partial charge in [-0.2, -0.15) is 0 Å². The van der Waals surface area contributed by atoms with E-state index in [1.54, 1.807) is 7.11 Å². The molecule has 5 heteroatoms. The predicted molar refractivity (Wildman–Crippen MR) is 61.2 cm³/mol. The van der Waals surface area contributed by atoms with E-state index in [-0.39, 0.29) is 24.6 Å². The zero-order valence-electron chi connectivity index (χ0n) is 9.87. The molecule has 1 heterocycles. The van der Waals surface area contributed by atoms with Gasteiger partial charge in [0.1, 0.15) is 0 Å². The van der Waals surface area contributed by atoms with Gasteiger partial charge < -0.3 is 20.5 Å². The van der Waals surface area contributed by atoms with Crippen LogP contribution in [-0.4, -0.2) is 50.0 Å². The molecule has 16 heavy (non-hydrogen) atoms. The second-order valence-electron chi connectivity index (χ2n) is 4.18. The van der Waals surface area contributed by atoms with Crippen LogP contribution >= 0.6 is 0 Å². The van der Waals surface area contributed by atoms with Crippen molar-refractivity contribution in [3.8, 4) is 0 Å². The first-order valence-electron chi connectivity index (χ1n) is 5.91. The minimum atomic E-state index is -0.0915. The Morgan fingerprint density at radius 2 is 2.44 bits per heavy atom. The number of amides is 1. The second-order valence-corrected chi connectivity index (χ2v) is 4.18. The van der Waals surface area contributed by atoms with Gasteiger partial charge in [-0.25, -0.2) is 0 Å². The number of carbonyl (C=O) groups is 1. The molecule has 0 spiro atoms. The highest BCUT2D eigenvalue weighted by atomic mass is 16.5. The molecule has 0 aromatic rings. The molecule has 94 valence electrons. The van der Waals surface area contributed by atoms with E-state index in [1.807, 2.05) is 0 Å². The SMILES string of the molecule is COCC(CCO)NC(=O)C1CCCCN1. The Morgan fingerprint density at radius 1 is 1.62 bits per heavy atom. The number of carbonyl (C=O) groups excluding carboxylic acids is 1. The normalized spacial score (nSPS) is 22.8. The lowest BCUT2D eigenvalue weighted by Crippen LogP contribution is -2.50. The van der Waals surface area contributed by atoms with Crippen molar-refractivity contribution in [2.75, 3.05) is 26.9 Å². The first-order chi connectivity index (χ1) is 7.77. The van der Waals surface area contributed by atoms with Crippen molar-refractivity contribution in [1.82, 2.24) is 10.6 Å². The molecule has 1 amide bonds. The van der Waals surface area contributed by atoms with Crippen LogP contribution in [0.2, 0.25) is 0 Å². The third-order valence-corrected chi connectivity index (χ3v) is 2.82. The zero-order valence-corrected chi connectivity index (χ0v) is 9.87. The fraction of sp³-hybridized carbons (Fsp3) is 0.909. The third kappa shape index (κ3) is 4.47. The highest BCUT2D eigenvalue weighted by Crippen LogP contribution is 2.07. The lowest BCUT2D eigenvalue weighted by Gasteiger charge is -2.25. The van der Waals surface area contributed by atoms with Crippen molar-refractivity contribution in [3.05, 3.63) is 0 Å². The number of methoxy groups -OCH3 is 1. The molecule has 1 fully saturated rings. The molecule has 1 aliphatic heterocycles. The number of rotatable bonds is 6. The summed E-state index contributed by atoms with van der Waals surface area (Å²) in [7, 11) is 1.59. The molecule has 2 atom stereocenters. The van der Waals surface area contributed by atoms with Crippen molar-refractivity contribution in [1.29, 1.82) is 0 Å². The third-order valence-electron chi connectivity index (χ3n) is 2.82. The number of hydrogen-bond donors (Lipinski definition) is 3. The summed E-state index contributed by atoms with van der Waals surface area (Å²) in [5, 5.41) is 15.0. The Morgan fingerprint density at radius 3 is 3.00 bits per heavy atom. The molecular weight excluding hydrogens is 208 g/mol. The Balaban J connectivity index is 2.33. The molecule has 0 bridgehead atoms. The number of hydrogen-bond acceptors (Lipinski definition) is 4. The quantitative estimate of drug-likeness (QED) is 0.583. The maximum Gasteiger partial charge on any atom is 0.237 e. The van der Waals surface area contributed by atoms with Crippen LogP contribution in [0.3, 0.4) is 0 Å². The highest BCUT2D eigenvalue weighted by Gasteiger charge is 2.22. The van der Waals surface area contributed by atoms with E-state index in [1.165, 1.54) is 0 Å². The van der Waals surface area contributed by atoms with Crippen molar-refractivity contribution in [2.45, 2.75) is 37.8 Å². The largest absolute Gasteiger partial charge is 0.396 e. The second kappa shape index (κ2) is 7.60. The molecule has 1 aliphatic rings. The van der Waals surface area contributed by atoms with Gasteiger partial charge in [-0.3, -0.25) is 4.79 Å². The molecule has 0 aliphatic carbocycles. The molecule has 2 unspecified atom stereocenters. The van der Waals surface area contributed by atoms with E-state index in [2.05, 4.69) is 10.6 Å². The van der Waals surface area contributed by atoms with Crippen LogP contribution in [0.1, 0.15) is 25.7 Å². The Kier molecular flexibility index (Phi) is 6.37. The lowest BCUT2D eigenvalue weighted by atomic mass is 10.0. The van der Waals surface area contributed by atoms with E-state index in [0.717, 1.165) is 25.8 Å².